The van der Waals surface area contributed by atoms with Crippen molar-refractivity contribution in [1.29, 1.82) is 0 Å². The fourth-order valence-electron chi connectivity index (χ4n) is 8.16. The quantitative estimate of drug-likeness (QED) is 0.156. The van der Waals surface area contributed by atoms with Gasteiger partial charge in [-0.25, -0.2) is 0 Å². The molecule has 8 nitrogen and oxygen atoms in total. The summed E-state index contributed by atoms with van der Waals surface area (Å²) in [6.45, 7) is 7.36. The van der Waals surface area contributed by atoms with E-state index in [2.05, 4.69) is 53.2 Å². The predicted octanol–water partition coefficient (Wildman–Crippen LogP) is 7.41. The highest BCUT2D eigenvalue weighted by Crippen LogP contribution is 2.49. The van der Waals surface area contributed by atoms with E-state index in [9.17, 15) is 5.11 Å². The van der Waals surface area contributed by atoms with Crippen molar-refractivity contribution in [3.63, 3.8) is 0 Å². The fourth-order valence-corrected chi connectivity index (χ4v) is 9.35. The van der Waals surface area contributed by atoms with Gasteiger partial charge in [-0.2, -0.15) is 0 Å². The van der Waals surface area contributed by atoms with Gasteiger partial charge >= 0.3 is 0 Å². The van der Waals surface area contributed by atoms with Crippen LogP contribution in [0, 0.1) is 18.8 Å². The summed E-state index contributed by atoms with van der Waals surface area (Å²) < 4.78 is 23.8. The largest absolute Gasteiger partial charge is 0.493 e. The number of rotatable bonds is 11. The van der Waals surface area contributed by atoms with Gasteiger partial charge < -0.3 is 34.3 Å². The lowest BCUT2D eigenvalue weighted by molar-refractivity contribution is 0.0381. The van der Waals surface area contributed by atoms with E-state index in [-0.39, 0.29) is 6.04 Å². The Hall–Kier alpha value is -3.18. The average molecular weight is 706 g/mol. The number of thiocarbonyl (C=S) groups is 1. The van der Waals surface area contributed by atoms with Gasteiger partial charge in [-0.05, 0) is 103 Å². The summed E-state index contributed by atoms with van der Waals surface area (Å²) in [6.07, 6.45) is 4.36. The Morgan fingerprint density at radius 2 is 1.47 bits per heavy atom. The summed E-state index contributed by atoms with van der Waals surface area (Å²) in [4.78, 5) is 5.11. The first-order valence-electron chi connectivity index (χ1n) is 17.4. The molecule has 3 aromatic carbocycles. The van der Waals surface area contributed by atoms with Crippen molar-refractivity contribution < 1.29 is 24.1 Å². The number of hydrogen-bond acceptors (Lipinski definition) is 9. The topological polar surface area (TPSA) is 75.7 Å². The van der Waals surface area contributed by atoms with Crippen molar-refractivity contribution in [2.45, 2.75) is 64.3 Å². The molecule has 3 aromatic rings. The zero-order valence-corrected chi connectivity index (χ0v) is 31.3. The van der Waals surface area contributed by atoms with E-state index in [1.807, 2.05) is 24.3 Å². The van der Waals surface area contributed by atoms with Gasteiger partial charge in [-0.3, -0.25) is 4.90 Å². The number of aliphatic hydroxyl groups excluding tert-OH is 1. The molecule has 49 heavy (non-hydrogen) atoms. The Kier molecular flexibility index (Phi) is 11.5. The van der Waals surface area contributed by atoms with Crippen molar-refractivity contribution in [3.8, 4) is 23.0 Å². The highest BCUT2D eigenvalue weighted by Gasteiger charge is 2.42. The first-order chi connectivity index (χ1) is 23.8. The summed E-state index contributed by atoms with van der Waals surface area (Å²) in [5.74, 6) is 4.62. The SMILES string of the molecule is CCC1CN2CCc3cc(OC)c(OC)cc3C2CC1CC1c2cc(OC)c(OC)cc2CCN1C(=S)SCC(O)Nc1ccc(C)cc1. The molecule has 6 rings (SSSR count). The van der Waals surface area contributed by atoms with Crippen LogP contribution < -0.4 is 24.3 Å². The number of nitrogens with one attached hydrogen (secondary N) is 1. The van der Waals surface area contributed by atoms with E-state index in [0.717, 1.165) is 84.7 Å². The summed E-state index contributed by atoms with van der Waals surface area (Å²) in [7, 11) is 6.84. The number of piperidine rings is 1. The molecule has 0 spiro atoms. The second kappa shape index (κ2) is 15.8. The van der Waals surface area contributed by atoms with Crippen molar-refractivity contribution in [3.05, 3.63) is 76.3 Å². The Bertz CT molecular complexity index is 1620. The first kappa shape index (κ1) is 35.6. The van der Waals surface area contributed by atoms with Crippen LogP contribution in [0.25, 0.3) is 0 Å². The second-order valence-electron chi connectivity index (χ2n) is 13.5. The van der Waals surface area contributed by atoms with E-state index in [1.165, 1.54) is 27.8 Å². The minimum Gasteiger partial charge on any atom is -0.493 e. The Morgan fingerprint density at radius 3 is 2.10 bits per heavy atom. The van der Waals surface area contributed by atoms with Gasteiger partial charge in [0.05, 0.1) is 34.5 Å². The molecule has 3 aliphatic heterocycles. The number of thioether (sulfide) groups is 1. The third kappa shape index (κ3) is 7.62. The number of ether oxygens (including phenoxy) is 4. The minimum absolute atomic E-state index is 0.0878. The maximum absolute atomic E-state index is 10.9. The summed E-state index contributed by atoms with van der Waals surface area (Å²) >= 11 is 7.72. The molecule has 10 heteroatoms. The van der Waals surface area contributed by atoms with Gasteiger partial charge in [-0.1, -0.05) is 55.0 Å². The van der Waals surface area contributed by atoms with Crippen LogP contribution in [0.15, 0.2) is 48.5 Å². The van der Waals surface area contributed by atoms with Gasteiger partial charge in [0.1, 0.15) is 10.5 Å². The molecule has 0 radical (unpaired) electrons. The zero-order chi connectivity index (χ0) is 34.7. The van der Waals surface area contributed by atoms with Gasteiger partial charge in [0.2, 0.25) is 0 Å². The Morgan fingerprint density at radius 1 is 0.878 bits per heavy atom. The summed E-state index contributed by atoms with van der Waals surface area (Å²) in [5, 5.41) is 14.1. The van der Waals surface area contributed by atoms with Crippen LogP contribution >= 0.6 is 24.0 Å². The molecule has 0 saturated carbocycles. The zero-order valence-electron chi connectivity index (χ0n) is 29.7. The number of aryl methyl sites for hydroxylation is 1. The molecule has 0 aliphatic carbocycles. The molecule has 264 valence electrons. The van der Waals surface area contributed by atoms with Crippen LogP contribution in [0.4, 0.5) is 5.69 Å². The maximum atomic E-state index is 10.9. The average Bonchev–Trinajstić information content (AvgIpc) is 3.13. The standard InChI is InChI=1S/C39H51N3O5S2/c1-7-25-22-41-14-12-26-18-34(44-3)36(46-5)20-30(26)32(41)16-28(25)17-33-31-21-37(47-6)35(45-4)19-27(31)13-15-42(33)39(48)49-23-38(43)40-29-10-8-24(2)9-11-29/h8-11,18-21,25,28,32-33,38,40,43H,7,12-17,22-23H2,1-6H3. The fraction of sp³-hybridized carbons (Fsp3) is 0.513. The molecule has 1 saturated heterocycles. The van der Waals surface area contributed by atoms with Crippen LogP contribution in [0.1, 0.15) is 66.1 Å². The van der Waals surface area contributed by atoms with Crippen molar-refractivity contribution in [1.82, 2.24) is 9.80 Å². The van der Waals surface area contributed by atoms with Crippen molar-refractivity contribution in [2.75, 3.05) is 59.1 Å². The Balaban J connectivity index is 1.27. The number of hydrogen-bond donors (Lipinski definition) is 2. The molecule has 0 amide bonds. The van der Waals surface area contributed by atoms with E-state index >= 15 is 0 Å². The molecular weight excluding hydrogens is 655 g/mol. The number of benzene rings is 3. The van der Waals surface area contributed by atoms with Crippen molar-refractivity contribution in [2.24, 2.45) is 11.8 Å². The lowest BCUT2D eigenvalue weighted by Gasteiger charge is -2.49. The third-order valence-electron chi connectivity index (χ3n) is 10.8. The lowest BCUT2D eigenvalue weighted by atomic mass is 9.72. The number of aliphatic hydroxyl groups is 1. The Labute approximate surface area is 301 Å². The van der Waals surface area contributed by atoms with Gasteiger partial charge in [-0.15, -0.1) is 0 Å². The van der Waals surface area contributed by atoms with Crippen LogP contribution in [-0.4, -0.2) is 79.3 Å². The smallest absolute Gasteiger partial charge is 0.161 e. The summed E-state index contributed by atoms with van der Waals surface area (Å²) in [6, 6.07) is 17.2. The van der Waals surface area contributed by atoms with Crippen LogP contribution in [0.3, 0.4) is 0 Å². The second-order valence-corrected chi connectivity index (χ2v) is 15.2. The first-order valence-corrected chi connectivity index (χ1v) is 18.8. The lowest BCUT2D eigenvalue weighted by Crippen LogP contribution is -2.47. The molecule has 5 atom stereocenters. The number of fused-ring (bicyclic) bond motifs is 4. The van der Waals surface area contributed by atoms with Crippen molar-refractivity contribution >= 4 is 34.0 Å². The van der Waals surface area contributed by atoms with E-state index in [1.54, 1.807) is 40.2 Å². The molecular formula is C39H51N3O5S2. The normalized spacial score (nSPS) is 22.3. The van der Waals surface area contributed by atoms with Gasteiger partial charge in [0.15, 0.2) is 23.0 Å². The number of nitrogens with zero attached hydrogens (tertiary/aromatic N) is 2. The highest BCUT2D eigenvalue weighted by molar-refractivity contribution is 8.22. The summed E-state index contributed by atoms with van der Waals surface area (Å²) in [5.41, 5.74) is 7.37. The van der Waals surface area contributed by atoms with Crippen LogP contribution in [-0.2, 0) is 12.8 Å². The molecule has 0 bridgehead atoms. The van der Waals surface area contributed by atoms with Crippen LogP contribution in [0.2, 0.25) is 0 Å². The highest BCUT2D eigenvalue weighted by atomic mass is 32.2. The van der Waals surface area contributed by atoms with E-state index in [0.29, 0.717) is 23.6 Å². The van der Waals surface area contributed by atoms with E-state index in [4.69, 9.17) is 31.2 Å². The molecule has 0 aromatic heterocycles. The third-order valence-corrected chi connectivity index (χ3v) is 12.4. The molecule has 3 heterocycles. The number of anilines is 1. The minimum atomic E-state index is -0.721. The molecule has 5 unspecified atom stereocenters. The van der Waals surface area contributed by atoms with Crippen LogP contribution in [0.5, 0.6) is 23.0 Å². The predicted molar refractivity (Wildman–Crippen MR) is 203 cm³/mol. The maximum Gasteiger partial charge on any atom is 0.161 e. The molecule has 1 fully saturated rings. The monoisotopic (exact) mass is 705 g/mol. The molecule has 3 aliphatic rings. The van der Waals surface area contributed by atoms with E-state index < -0.39 is 6.23 Å². The van der Waals surface area contributed by atoms with Gasteiger partial charge in [0, 0.05) is 37.1 Å². The van der Waals surface area contributed by atoms with Gasteiger partial charge in [0.25, 0.3) is 0 Å². The number of methoxy groups -OCH3 is 4. The molecule has 2 N–H and O–H groups in total.